The summed E-state index contributed by atoms with van der Waals surface area (Å²) in [7, 11) is 0. The molecular formula is C23H27N5OS. The van der Waals surface area contributed by atoms with Crippen molar-refractivity contribution in [3.05, 3.63) is 65.7 Å². The van der Waals surface area contributed by atoms with Crippen molar-refractivity contribution < 1.29 is 4.79 Å². The van der Waals surface area contributed by atoms with Gasteiger partial charge in [-0.1, -0.05) is 30.7 Å². The van der Waals surface area contributed by atoms with Crippen LogP contribution in [0.2, 0.25) is 0 Å². The minimum absolute atomic E-state index is 0.126. The third-order valence-corrected chi connectivity index (χ3v) is 6.70. The maximum atomic E-state index is 13.2. The first-order valence-corrected chi connectivity index (χ1v) is 11.4. The Morgan fingerprint density at radius 1 is 1.10 bits per heavy atom. The average molecular weight is 422 g/mol. The van der Waals surface area contributed by atoms with Crippen LogP contribution in [0.5, 0.6) is 0 Å². The van der Waals surface area contributed by atoms with Gasteiger partial charge in [-0.3, -0.25) is 14.3 Å². The number of pyridine rings is 1. The van der Waals surface area contributed by atoms with Crippen LogP contribution in [0, 0.1) is 13.8 Å². The zero-order valence-corrected chi connectivity index (χ0v) is 18.3. The lowest BCUT2D eigenvalue weighted by molar-refractivity contribution is -0.130. The Kier molecular flexibility index (Phi) is 6.47. The highest BCUT2D eigenvalue weighted by molar-refractivity contribution is 7.99. The quantitative estimate of drug-likeness (QED) is 0.567. The second-order valence-electron chi connectivity index (χ2n) is 7.77. The van der Waals surface area contributed by atoms with Crippen molar-refractivity contribution in [2.45, 2.75) is 50.7 Å². The molecule has 156 valence electrons. The topological polar surface area (TPSA) is 63.9 Å². The highest BCUT2D eigenvalue weighted by Gasteiger charge is 2.27. The van der Waals surface area contributed by atoms with E-state index in [0.717, 1.165) is 36.7 Å². The van der Waals surface area contributed by atoms with Crippen LogP contribution in [0.1, 0.15) is 48.4 Å². The van der Waals surface area contributed by atoms with Crippen molar-refractivity contribution in [3.63, 3.8) is 0 Å². The van der Waals surface area contributed by atoms with Gasteiger partial charge < -0.3 is 4.90 Å². The first-order chi connectivity index (χ1) is 14.6. The van der Waals surface area contributed by atoms with Crippen LogP contribution < -0.4 is 0 Å². The Morgan fingerprint density at radius 3 is 2.73 bits per heavy atom. The number of thioether (sulfide) groups is 1. The van der Waals surface area contributed by atoms with Gasteiger partial charge in [0.05, 0.1) is 11.8 Å². The standard InChI is InChI=1S/C23H27N5OS/c1-17-7-8-20(14-18(17)2)28-16-25-26-23(28)30-15-22(29)27-13-5-3-4-6-21(27)19-9-11-24-12-10-19/h7-12,14,16,21H,3-6,13,15H2,1-2H3. The zero-order chi connectivity index (χ0) is 20.9. The number of benzene rings is 1. The molecular weight excluding hydrogens is 394 g/mol. The van der Waals surface area contributed by atoms with Crippen molar-refractivity contribution >= 4 is 17.7 Å². The fourth-order valence-corrected chi connectivity index (χ4v) is 4.74. The average Bonchev–Trinajstić information content (AvgIpc) is 3.09. The SMILES string of the molecule is Cc1ccc(-n2cnnc2SCC(=O)N2CCCCCC2c2ccncc2)cc1C. The maximum Gasteiger partial charge on any atom is 0.233 e. The molecule has 0 N–H and O–H groups in total. The second kappa shape index (κ2) is 9.43. The molecule has 6 nitrogen and oxygen atoms in total. The number of carbonyl (C=O) groups excluding carboxylic acids is 1. The fourth-order valence-electron chi connectivity index (χ4n) is 3.92. The summed E-state index contributed by atoms with van der Waals surface area (Å²) in [5.41, 5.74) is 4.66. The molecule has 1 aliphatic rings. The van der Waals surface area contributed by atoms with E-state index in [4.69, 9.17) is 0 Å². The van der Waals surface area contributed by atoms with E-state index in [0.29, 0.717) is 5.75 Å². The van der Waals surface area contributed by atoms with Gasteiger partial charge in [-0.25, -0.2) is 0 Å². The molecule has 2 aromatic heterocycles. The first-order valence-electron chi connectivity index (χ1n) is 10.4. The predicted octanol–water partition coefficient (Wildman–Crippen LogP) is 4.52. The molecule has 3 aromatic rings. The van der Waals surface area contributed by atoms with Crippen LogP contribution in [0.25, 0.3) is 5.69 Å². The summed E-state index contributed by atoms with van der Waals surface area (Å²) in [6, 6.07) is 10.5. The second-order valence-corrected chi connectivity index (χ2v) is 8.72. The van der Waals surface area contributed by atoms with Crippen molar-refractivity contribution in [1.82, 2.24) is 24.6 Å². The van der Waals surface area contributed by atoms with Crippen LogP contribution in [-0.2, 0) is 4.79 Å². The number of hydrogen-bond donors (Lipinski definition) is 0. The smallest absolute Gasteiger partial charge is 0.233 e. The highest BCUT2D eigenvalue weighted by atomic mass is 32.2. The number of nitrogens with zero attached hydrogens (tertiary/aromatic N) is 5. The lowest BCUT2D eigenvalue weighted by Gasteiger charge is -2.30. The van der Waals surface area contributed by atoms with Gasteiger partial charge in [-0.15, -0.1) is 10.2 Å². The van der Waals surface area contributed by atoms with Crippen LogP contribution >= 0.6 is 11.8 Å². The Hall–Kier alpha value is -2.67. The molecule has 0 saturated carbocycles. The summed E-state index contributed by atoms with van der Waals surface area (Å²) in [6.45, 7) is 4.99. The summed E-state index contributed by atoms with van der Waals surface area (Å²) in [6.07, 6.45) is 9.69. The number of amides is 1. The summed E-state index contributed by atoms with van der Waals surface area (Å²) < 4.78 is 1.95. The van der Waals surface area contributed by atoms with E-state index in [1.54, 1.807) is 6.33 Å². The van der Waals surface area contributed by atoms with Gasteiger partial charge >= 0.3 is 0 Å². The van der Waals surface area contributed by atoms with Gasteiger partial charge in [-0.2, -0.15) is 0 Å². The van der Waals surface area contributed by atoms with Crippen molar-refractivity contribution in [2.75, 3.05) is 12.3 Å². The Balaban J connectivity index is 1.49. The normalized spacial score (nSPS) is 17.0. The molecule has 1 saturated heterocycles. The first kappa shape index (κ1) is 20.6. The molecule has 7 heteroatoms. The fraction of sp³-hybridized carbons (Fsp3) is 0.391. The van der Waals surface area contributed by atoms with E-state index in [-0.39, 0.29) is 11.9 Å². The Labute approximate surface area is 181 Å². The summed E-state index contributed by atoms with van der Waals surface area (Å²) in [5.74, 6) is 0.504. The van der Waals surface area contributed by atoms with E-state index in [9.17, 15) is 4.79 Å². The summed E-state index contributed by atoms with van der Waals surface area (Å²) in [5, 5.41) is 9.07. The van der Waals surface area contributed by atoms with Gasteiger partial charge in [0.2, 0.25) is 5.91 Å². The van der Waals surface area contributed by atoms with Gasteiger partial charge in [0.15, 0.2) is 5.16 Å². The van der Waals surface area contributed by atoms with E-state index < -0.39 is 0 Å². The number of carbonyl (C=O) groups is 1. The third-order valence-electron chi connectivity index (χ3n) is 5.77. The number of likely N-dealkylation sites (tertiary alicyclic amines) is 1. The van der Waals surface area contributed by atoms with Crippen molar-refractivity contribution in [2.24, 2.45) is 0 Å². The summed E-state index contributed by atoms with van der Waals surface area (Å²) >= 11 is 1.45. The molecule has 1 unspecified atom stereocenters. The van der Waals surface area contributed by atoms with E-state index in [1.165, 1.54) is 34.9 Å². The molecule has 3 heterocycles. The predicted molar refractivity (Wildman–Crippen MR) is 119 cm³/mol. The largest absolute Gasteiger partial charge is 0.335 e. The molecule has 1 atom stereocenters. The molecule has 0 aliphatic carbocycles. The molecule has 1 aliphatic heterocycles. The zero-order valence-electron chi connectivity index (χ0n) is 17.5. The summed E-state index contributed by atoms with van der Waals surface area (Å²) in [4.78, 5) is 19.4. The van der Waals surface area contributed by atoms with Crippen molar-refractivity contribution in [1.29, 1.82) is 0 Å². The van der Waals surface area contributed by atoms with Gasteiger partial charge in [-0.05, 0) is 67.6 Å². The molecule has 0 bridgehead atoms. The third kappa shape index (κ3) is 4.56. The van der Waals surface area contributed by atoms with Crippen LogP contribution in [0.3, 0.4) is 0 Å². The highest BCUT2D eigenvalue weighted by Crippen LogP contribution is 2.31. The van der Waals surface area contributed by atoms with Crippen molar-refractivity contribution in [3.8, 4) is 5.69 Å². The van der Waals surface area contributed by atoms with Gasteiger partial charge in [0, 0.05) is 24.6 Å². The monoisotopic (exact) mass is 421 g/mol. The molecule has 0 radical (unpaired) electrons. The minimum Gasteiger partial charge on any atom is -0.335 e. The lowest BCUT2D eigenvalue weighted by atomic mass is 10.0. The van der Waals surface area contributed by atoms with Crippen LogP contribution in [0.4, 0.5) is 0 Å². The molecule has 1 amide bonds. The van der Waals surface area contributed by atoms with E-state index >= 15 is 0 Å². The number of hydrogen-bond acceptors (Lipinski definition) is 5. The maximum absolute atomic E-state index is 13.2. The number of aromatic nitrogens is 4. The van der Waals surface area contributed by atoms with Crippen LogP contribution in [0.15, 0.2) is 54.2 Å². The molecule has 1 fully saturated rings. The lowest BCUT2D eigenvalue weighted by Crippen LogP contribution is -2.36. The minimum atomic E-state index is 0.126. The Bertz CT molecular complexity index is 1000. The van der Waals surface area contributed by atoms with Gasteiger partial charge in [0.25, 0.3) is 0 Å². The molecule has 0 spiro atoms. The molecule has 30 heavy (non-hydrogen) atoms. The molecule has 1 aromatic carbocycles. The molecule has 4 rings (SSSR count). The van der Waals surface area contributed by atoms with Gasteiger partial charge in [0.1, 0.15) is 6.33 Å². The number of aryl methyl sites for hydroxylation is 2. The van der Waals surface area contributed by atoms with E-state index in [1.807, 2.05) is 34.0 Å². The Morgan fingerprint density at radius 2 is 1.93 bits per heavy atom. The number of rotatable bonds is 5. The van der Waals surface area contributed by atoms with E-state index in [2.05, 4.69) is 47.2 Å². The van der Waals surface area contributed by atoms with Crippen LogP contribution in [-0.4, -0.2) is 42.9 Å².